The minimum atomic E-state index is -0.745. The summed E-state index contributed by atoms with van der Waals surface area (Å²) in [5.41, 5.74) is 0.226. The second kappa shape index (κ2) is 7.25. The molecule has 0 bridgehead atoms. The average molecular weight is 348 g/mol. The Morgan fingerprint density at radius 1 is 1.28 bits per heavy atom. The Kier molecular flexibility index (Phi) is 4.87. The van der Waals surface area contributed by atoms with Crippen molar-refractivity contribution >= 4 is 5.97 Å². The Morgan fingerprint density at radius 3 is 2.72 bits per heavy atom. The van der Waals surface area contributed by atoms with Crippen LogP contribution >= 0.6 is 0 Å². The van der Waals surface area contributed by atoms with Gasteiger partial charge in [0.05, 0.1) is 18.2 Å². The molecule has 0 aliphatic carbocycles. The molecule has 0 spiro atoms. The second-order valence-electron chi connectivity index (χ2n) is 5.30. The predicted molar refractivity (Wildman–Crippen MR) is 81.2 cm³/mol. The number of carbonyl (C=O) groups is 1. The number of esters is 1. The monoisotopic (exact) mass is 348 g/mol. The van der Waals surface area contributed by atoms with Crippen LogP contribution in [0.1, 0.15) is 23.8 Å². The van der Waals surface area contributed by atoms with Crippen molar-refractivity contribution in [3.63, 3.8) is 0 Å². The van der Waals surface area contributed by atoms with Crippen molar-refractivity contribution in [1.29, 1.82) is 0 Å². The molecule has 1 aromatic carbocycles. The summed E-state index contributed by atoms with van der Waals surface area (Å²) in [6, 6.07) is 5.18. The molecule has 2 aromatic heterocycles. The minimum Gasteiger partial charge on any atom is -0.459 e. The number of rotatable bonds is 6. The van der Waals surface area contributed by atoms with Crippen LogP contribution in [-0.2, 0) is 22.6 Å². The van der Waals surface area contributed by atoms with E-state index >= 15 is 0 Å². The SMILES string of the molecule is Cc1cc(COC(=O)CCc2ncc(-c3c(F)cccc3F)o2)no1. The first-order valence-corrected chi connectivity index (χ1v) is 7.50. The molecule has 0 fully saturated rings. The van der Waals surface area contributed by atoms with E-state index in [1.54, 1.807) is 13.0 Å². The van der Waals surface area contributed by atoms with Gasteiger partial charge >= 0.3 is 5.97 Å². The quantitative estimate of drug-likeness (QED) is 0.634. The van der Waals surface area contributed by atoms with Crippen LogP contribution in [0.25, 0.3) is 11.3 Å². The fourth-order valence-corrected chi connectivity index (χ4v) is 2.20. The van der Waals surface area contributed by atoms with Gasteiger partial charge in [-0.05, 0) is 19.1 Å². The molecule has 0 atom stereocenters. The van der Waals surface area contributed by atoms with E-state index in [1.165, 1.54) is 12.3 Å². The molecule has 0 aliphatic heterocycles. The number of nitrogens with zero attached hydrogens (tertiary/aromatic N) is 2. The summed E-state index contributed by atoms with van der Waals surface area (Å²) in [4.78, 5) is 15.6. The summed E-state index contributed by atoms with van der Waals surface area (Å²) in [6.07, 6.45) is 1.38. The number of halogens is 2. The van der Waals surface area contributed by atoms with Gasteiger partial charge in [0.1, 0.15) is 29.7 Å². The Hall–Kier alpha value is -3.03. The van der Waals surface area contributed by atoms with Crippen molar-refractivity contribution in [3.05, 3.63) is 59.4 Å². The number of ether oxygens (including phenoxy) is 1. The fraction of sp³-hybridized carbons (Fsp3) is 0.235. The van der Waals surface area contributed by atoms with Gasteiger partial charge in [0.15, 0.2) is 11.7 Å². The summed E-state index contributed by atoms with van der Waals surface area (Å²) in [6.45, 7) is 1.74. The highest BCUT2D eigenvalue weighted by atomic mass is 19.1. The van der Waals surface area contributed by atoms with E-state index in [0.29, 0.717) is 11.5 Å². The number of hydrogen-bond acceptors (Lipinski definition) is 6. The Morgan fingerprint density at radius 2 is 2.04 bits per heavy atom. The Labute approximate surface area is 141 Å². The Bertz CT molecular complexity index is 868. The number of aromatic nitrogens is 2. The van der Waals surface area contributed by atoms with Gasteiger partial charge in [0, 0.05) is 12.5 Å². The number of aryl methyl sites for hydroxylation is 2. The van der Waals surface area contributed by atoms with E-state index in [4.69, 9.17) is 13.7 Å². The van der Waals surface area contributed by atoms with E-state index in [0.717, 1.165) is 12.1 Å². The first kappa shape index (κ1) is 16.8. The van der Waals surface area contributed by atoms with E-state index in [2.05, 4.69) is 10.1 Å². The van der Waals surface area contributed by atoms with Gasteiger partial charge in [-0.15, -0.1) is 0 Å². The van der Waals surface area contributed by atoms with Gasteiger partial charge in [0.2, 0.25) is 0 Å². The summed E-state index contributed by atoms with van der Waals surface area (Å²) in [5, 5.41) is 3.71. The minimum absolute atomic E-state index is 0.00739. The third-order valence-corrected chi connectivity index (χ3v) is 3.36. The van der Waals surface area contributed by atoms with Crippen molar-refractivity contribution in [2.24, 2.45) is 0 Å². The van der Waals surface area contributed by atoms with Crippen LogP contribution in [0.2, 0.25) is 0 Å². The molecule has 25 heavy (non-hydrogen) atoms. The number of benzene rings is 1. The van der Waals surface area contributed by atoms with Crippen LogP contribution in [0.5, 0.6) is 0 Å². The zero-order valence-corrected chi connectivity index (χ0v) is 13.3. The van der Waals surface area contributed by atoms with Gasteiger partial charge in [0.25, 0.3) is 0 Å². The topological polar surface area (TPSA) is 78.4 Å². The number of carbonyl (C=O) groups excluding carboxylic acids is 1. The van der Waals surface area contributed by atoms with Crippen molar-refractivity contribution in [1.82, 2.24) is 10.1 Å². The standard InChI is InChI=1S/C17H14F2N2O4/c1-10-7-11(21-25-10)9-23-16(22)6-5-15-20-8-14(24-15)17-12(18)3-2-4-13(17)19/h2-4,7-8H,5-6,9H2,1H3. The molecule has 3 aromatic rings. The van der Waals surface area contributed by atoms with Gasteiger partial charge in [-0.3, -0.25) is 4.79 Å². The molecule has 130 valence electrons. The van der Waals surface area contributed by atoms with Crippen molar-refractivity contribution in [2.45, 2.75) is 26.4 Å². The van der Waals surface area contributed by atoms with Crippen LogP contribution in [-0.4, -0.2) is 16.1 Å². The molecular formula is C17H14F2N2O4. The second-order valence-corrected chi connectivity index (χ2v) is 5.30. The molecule has 0 aliphatic rings. The molecule has 0 amide bonds. The third kappa shape index (κ3) is 4.09. The predicted octanol–water partition coefficient (Wildman–Crippen LogP) is 3.59. The van der Waals surface area contributed by atoms with Gasteiger partial charge in [-0.1, -0.05) is 11.2 Å². The zero-order chi connectivity index (χ0) is 17.8. The van der Waals surface area contributed by atoms with E-state index in [9.17, 15) is 13.6 Å². The lowest BCUT2D eigenvalue weighted by molar-refractivity contribution is -0.145. The number of oxazole rings is 1. The highest BCUT2D eigenvalue weighted by molar-refractivity contribution is 5.69. The summed E-state index contributed by atoms with van der Waals surface area (Å²) < 4.78 is 42.6. The maximum Gasteiger partial charge on any atom is 0.306 e. The van der Waals surface area contributed by atoms with Crippen molar-refractivity contribution in [2.75, 3.05) is 0 Å². The molecule has 0 saturated heterocycles. The van der Waals surface area contributed by atoms with E-state index in [1.807, 2.05) is 0 Å². The van der Waals surface area contributed by atoms with Crippen LogP contribution in [0.4, 0.5) is 8.78 Å². The molecule has 8 heteroatoms. The first-order chi connectivity index (χ1) is 12.0. The van der Waals surface area contributed by atoms with Crippen LogP contribution in [0.3, 0.4) is 0 Å². The smallest absolute Gasteiger partial charge is 0.306 e. The molecule has 0 radical (unpaired) electrons. The molecular weight excluding hydrogens is 334 g/mol. The Balaban J connectivity index is 1.56. The molecule has 3 rings (SSSR count). The lowest BCUT2D eigenvalue weighted by Crippen LogP contribution is -2.06. The number of hydrogen-bond donors (Lipinski definition) is 0. The lowest BCUT2D eigenvalue weighted by atomic mass is 10.1. The fourth-order valence-electron chi connectivity index (χ4n) is 2.20. The van der Waals surface area contributed by atoms with Crippen LogP contribution in [0, 0.1) is 18.6 Å². The molecule has 6 nitrogen and oxygen atoms in total. The maximum absolute atomic E-state index is 13.7. The highest BCUT2D eigenvalue weighted by Crippen LogP contribution is 2.26. The van der Waals surface area contributed by atoms with Crippen molar-refractivity contribution in [3.8, 4) is 11.3 Å². The molecule has 2 heterocycles. The molecule has 0 N–H and O–H groups in total. The van der Waals surface area contributed by atoms with Crippen molar-refractivity contribution < 1.29 is 27.3 Å². The summed E-state index contributed by atoms with van der Waals surface area (Å²) >= 11 is 0. The van der Waals surface area contributed by atoms with Gasteiger partial charge < -0.3 is 13.7 Å². The average Bonchev–Trinajstić information content (AvgIpc) is 3.20. The normalized spacial score (nSPS) is 10.8. The van der Waals surface area contributed by atoms with Gasteiger partial charge in [-0.25, -0.2) is 13.8 Å². The summed E-state index contributed by atoms with van der Waals surface area (Å²) in [5.74, 6) is -1.19. The first-order valence-electron chi connectivity index (χ1n) is 7.50. The van der Waals surface area contributed by atoms with Crippen LogP contribution in [0.15, 0.2) is 39.4 Å². The van der Waals surface area contributed by atoms with E-state index in [-0.39, 0.29) is 36.7 Å². The lowest BCUT2D eigenvalue weighted by Gasteiger charge is -2.01. The highest BCUT2D eigenvalue weighted by Gasteiger charge is 2.16. The van der Waals surface area contributed by atoms with E-state index < -0.39 is 17.6 Å². The maximum atomic E-state index is 13.7. The third-order valence-electron chi connectivity index (χ3n) is 3.36. The largest absolute Gasteiger partial charge is 0.459 e. The zero-order valence-electron chi connectivity index (χ0n) is 13.3. The van der Waals surface area contributed by atoms with Gasteiger partial charge in [-0.2, -0.15) is 0 Å². The van der Waals surface area contributed by atoms with Crippen LogP contribution < -0.4 is 0 Å². The summed E-state index contributed by atoms with van der Waals surface area (Å²) in [7, 11) is 0. The molecule has 0 unspecified atom stereocenters. The molecule has 0 saturated carbocycles.